The van der Waals surface area contributed by atoms with Gasteiger partial charge in [-0.1, -0.05) is 35.3 Å². The molecule has 2 aromatic rings. The number of hydrogen-bond donors (Lipinski definition) is 1. The van der Waals surface area contributed by atoms with Gasteiger partial charge in [0.25, 0.3) is 0 Å². The van der Waals surface area contributed by atoms with E-state index >= 15 is 0 Å². The van der Waals surface area contributed by atoms with Crippen LogP contribution in [0.2, 0.25) is 10.0 Å². The largest absolute Gasteiger partial charge is 0.417 e. The molecular weight excluding hydrogens is 404 g/mol. The van der Waals surface area contributed by atoms with Gasteiger partial charge in [-0.2, -0.15) is 13.2 Å². The Labute approximate surface area is 162 Å². The molecule has 0 aliphatic carbocycles. The Morgan fingerprint density at radius 2 is 1.81 bits per heavy atom. The molecule has 0 aromatic heterocycles. The lowest BCUT2D eigenvalue weighted by atomic mass is 10.1. The minimum absolute atomic E-state index is 0.0413. The zero-order valence-corrected chi connectivity index (χ0v) is 15.2. The fraction of sp³-hybridized carbons (Fsp3) is 0.222. The molecule has 0 radical (unpaired) electrons. The topological polar surface area (TPSA) is 49.4 Å². The van der Waals surface area contributed by atoms with Crippen LogP contribution in [0, 0.1) is 5.92 Å². The van der Waals surface area contributed by atoms with E-state index in [4.69, 9.17) is 23.2 Å². The van der Waals surface area contributed by atoms with Crippen molar-refractivity contribution in [1.29, 1.82) is 0 Å². The van der Waals surface area contributed by atoms with Crippen LogP contribution in [0.15, 0.2) is 42.5 Å². The van der Waals surface area contributed by atoms with Crippen molar-refractivity contribution in [3.63, 3.8) is 0 Å². The molecule has 0 saturated carbocycles. The van der Waals surface area contributed by atoms with Crippen molar-refractivity contribution in [2.45, 2.75) is 12.6 Å². The van der Waals surface area contributed by atoms with Crippen LogP contribution in [0.4, 0.5) is 24.5 Å². The lowest BCUT2D eigenvalue weighted by Crippen LogP contribution is -2.28. The molecule has 1 fully saturated rings. The maximum absolute atomic E-state index is 12.9. The predicted octanol–water partition coefficient (Wildman–Crippen LogP) is 5.00. The zero-order chi connectivity index (χ0) is 19.8. The maximum Gasteiger partial charge on any atom is 0.417 e. The van der Waals surface area contributed by atoms with Crippen molar-refractivity contribution in [2.24, 2.45) is 5.92 Å². The van der Waals surface area contributed by atoms with E-state index in [9.17, 15) is 22.8 Å². The minimum Gasteiger partial charge on any atom is -0.326 e. The molecule has 2 aromatic carbocycles. The summed E-state index contributed by atoms with van der Waals surface area (Å²) in [7, 11) is 0. The van der Waals surface area contributed by atoms with Crippen LogP contribution in [-0.2, 0) is 15.8 Å². The number of hydrogen-bond acceptors (Lipinski definition) is 2. The Balaban J connectivity index is 1.75. The van der Waals surface area contributed by atoms with Crippen LogP contribution in [0.25, 0.3) is 0 Å². The van der Waals surface area contributed by atoms with Gasteiger partial charge in [-0.05, 0) is 30.3 Å². The van der Waals surface area contributed by atoms with E-state index in [-0.39, 0.29) is 24.6 Å². The molecule has 4 nitrogen and oxygen atoms in total. The summed E-state index contributed by atoms with van der Waals surface area (Å²) in [6.07, 6.45) is -4.70. The number of nitrogens with one attached hydrogen (secondary N) is 1. The molecule has 27 heavy (non-hydrogen) atoms. The maximum atomic E-state index is 12.9. The summed E-state index contributed by atoms with van der Waals surface area (Å²) in [5.41, 5.74) is -0.590. The number of nitrogens with zero attached hydrogens (tertiary/aromatic N) is 1. The number of alkyl halides is 3. The fourth-order valence-corrected chi connectivity index (χ4v) is 3.31. The molecule has 1 heterocycles. The first-order valence-corrected chi connectivity index (χ1v) is 8.65. The van der Waals surface area contributed by atoms with Crippen molar-refractivity contribution >= 4 is 46.4 Å². The van der Waals surface area contributed by atoms with Gasteiger partial charge in [0, 0.05) is 18.7 Å². The molecule has 1 aliphatic heterocycles. The third-order valence-corrected chi connectivity index (χ3v) is 4.83. The highest BCUT2D eigenvalue weighted by Crippen LogP contribution is 2.36. The molecule has 1 aliphatic rings. The van der Waals surface area contributed by atoms with E-state index in [1.54, 1.807) is 24.3 Å². The van der Waals surface area contributed by atoms with Gasteiger partial charge in [-0.3, -0.25) is 9.59 Å². The summed E-state index contributed by atoms with van der Waals surface area (Å²) in [5.74, 6) is -1.54. The average molecular weight is 417 g/mol. The molecule has 1 saturated heterocycles. The Bertz CT molecular complexity index is 902. The molecular formula is C18H13Cl2F3N2O2. The standard InChI is InChI=1S/C18H13Cl2F3N2O2/c19-13-6-5-11(8-12(13)18(21,22)23)24-17(27)10-7-16(26)25(9-10)15-4-2-1-3-14(15)20/h1-6,8,10H,7,9H2,(H,24,27)/t10-/m0/s1. The smallest absolute Gasteiger partial charge is 0.326 e. The third kappa shape index (κ3) is 4.20. The van der Waals surface area contributed by atoms with E-state index in [0.29, 0.717) is 10.7 Å². The molecule has 1 N–H and O–H groups in total. The Hall–Kier alpha value is -2.25. The van der Waals surface area contributed by atoms with Gasteiger partial charge in [0.2, 0.25) is 11.8 Å². The van der Waals surface area contributed by atoms with Crippen molar-refractivity contribution in [2.75, 3.05) is 16.8 Å². The van der Waals surface area contributed by atoms with Gasteiger partial charge >= 0.3 is 6.18 Å². The predicted molar refractivity (Wildman–Crippen MR) is 97.0 cm³/mol. The van der Waals surface area contributed by atoms with Gasteiger partial charge in [0.15, 0.2) is 0 Å². The summed E-state index contributed by atoms with van der Waals surface area (Å²) in [4.78, 5) is 26.1. The first kappa shape index (κ1) is 19.5. The van der Waals surface area contributed by atoms with Crippen LogP contribution < -0.4 is 10.2 Å². The summed E-state index contributed by atoms with van der Waals surface area (Å²) >= 11 is 11.7. The van der Waals surface area contributed by atoms with Gasteiger partial charge in [0.1, 0.15) is 0 Å². The van der Waals surface area contributed by atoms with Crippen molar-refractivity contribution in [3.05, 3.63) is 58.1 Å². The van der Waals surface area contributed by atoms with Crippen LogP contribution in [0.3, 0.4) is 0 Å². The molecule has 0 bridgehead atoms. The molecule has 9 heteroatoms. The Morgan fingerprint density at radius 3 is 2.48 bits per heavy atom. The number of amides is 2. The highest BCUT2D eigenvalue weighted by Gasteiger charge is 2.37. The second kappa shape index (κ2) is 7.40. The first-order valence-electron chi connectivity index (χ1n) is 7.89. The van der Waals surface area contributed by atoms with Crippen LogP contribution in [-0.4, -0.2) is 18.4 Å². The summed E-state index contributed by atoms with van der Waals surface area (Å²) in [6.45, 7) is 0.0914. The lowest BCUT2D eigenvalue weighted by molar-refractivity contribution is -0.137. The zero-order valence-electron chi connectivity index (χ0n) is 13.7. The highest BCUT2D eigenvalue weighted by molar-refractivity contribution is 6.34. The van der Waals surface area contributed by atoms with E-state index in [1.165, 1.54) is 11.0 Å². The third-order valence-electron chi connectivity index (χ3n) is 4.18. The SMILES string of the molecule is O=C(Nc1ccc(Cl)c(C(F)(F)F)c1)[C@H]1CC(=O)N(c2ccccc2Cl)C1. The fourth-order valence-electron chi connectivity index (χ4n) is 2.85. The Kier molecular flexibility index (Phi) is 5.35. The van der Waals surface area contributed by atoms with Crippen molar-refractivity contribution in [3.8, 4) is 0 Å². The molecule has 1 atom stereocenters. The number of carbonyl (C=O) groups is 2. The number of rotatable bonds is 3. The molecule has 2 amide bonds. The van der Waals surface area contributed by atoms with E-state index in [1.807, 2.05) is 0 Å². The molecule has 0 unspecified atom stereocenters. The number of halogens is 5. The average Bonchev–Trinajstić information content (AvgIpc) is 2.98. The first-order chi connectivity index (χ1) is 12.7. The normalized spacial score (nSPS) is 17.3. The molecule has 3 rings (SSSR count). The van der Waals surface area contributed by atoms with E-state index in [2.05, 4.69) is 5.32 Å². The van der Waals surface area contributed by atoms with Crippen LogP contribution in [0.1, 0.15) is 12.0 Å². The lowest BCUT2D eigenvalue weighted by Gasteiger charge is -2.18. The molecule has 0 spiro atoms. The number of para-hydroxylation sites is 1. The van der Waals surface area contributed by atoms with Gasteiger partial charge in [-0.25, -0.2) is 0 Å². The van der Waals surface area contributed by atoms with Gasteiger partial charge < -0.3 is 10.2 Å². The second-order valence-corrected chi connectivity index (χ2v) is 6.85. The quantitative estimate of drug-likeness (QED) is 0.764. The Morgan fingerprint density at radius 1 is 1.11 bits per heavy atom. The van der Waals surface area contributed by atoms with E-state index in [0.717, 1.165) is 12.1 Å². The van der Waals surface area contributed by atoms with Gasteiger partial charge in [-0.15, -0.1) is 0 Å². The second-order valence-electron chi connectivity index (χ2n) is 6.04. The highest BCUT2D eigenvalue weighted by atomic mass is 35.5. The molecule has 142 valence electrons. The van der Waals surface area contributed by atoms with Gasteiger partial charge in [0.05, 0.1) is 27.2 Å². The number of carbonyl (C=O) groups excluding carboxylic acids is 2. The monoisotopic (exact) mass is 416 g/mol. The summed E-state index contributed by atoms with van der Waals surface area (Å²) < 4.78 is 38.8. The minimum atomic E-state index is -4.64. The number of benzene rings is 2. The van der Waals surface area contributed by atoms with Crippen LogP contribution >= 0.6 is 23.2 Å². The van der Waals surface area contributed by atoms with Crippen molar-refractivity contribution in [1.82, 2.24) is 0 Å². The summed E-state index contributed by atoms with van der Waals surface area (Å²) in [6, 6.07) is 9.83. The number of anilines is 2. The van der Waals surface area contributed by atoms with Crippen molar-refractivity contribution < 1.29 is 22.8 Å². The van der Waals surface area contributed by atoms with Crippen LogP contribution in [0.5, 0.6) is 0 Å². The van der Waals surface area contributed by atoms with E-state index < -0.39 is 28.6 Å². The summed E-state index contributed by atoms with van der Waals surface area (Å²) in [5, 5.41) is 2.34.